The van der Waals surface area contributed by atoms with E-state index in [0.717, 1.165) is 5.39 Å². The molecule has 1 unspecified atom stereocenters. The van der Waals surface area contributed by atoms with Crippen molar-refractivity contribution in [2.45, 2.75) is 19.9 Å². The third-order valence-electron chi connectivity index (χ3n) is 4.03. The molecule has 6 nitrogen and oxygen atoms in total. The Bertz CT molecular complexity index is 980. The number of hydrogen-bond acceptors (Lipinski definition) is 4. The first-order valence-electron chi connectivity index (χ1n) is 7.60. The Balaban J connectivity index is 1.86. The molecule has 7 heteroatoms. The highest BCUT2D eigenvalue weighted by Gasteiger charge is 2.20. The number of fused-ring (bicyclic) bond motifs is 1. The van der Waals surface area contributed by atoms with Gasteiger partial charge in [0.15, 0.2) is 5.76 Å². The summed E-state index contributed by atoms with van der Waals surface area (Å²) in [6, 6.07) is 10.9. The minimum absolute atomic E-state index is 0.0202. The number of nitro benzene ring substituents is 1. The monoisotopic (exact) mass is 358 g/mol. The Labute approximate surface area is 148 Å². The zero-order valence-corrected chi connectivity index (χ0v) is 14.3. The van der Waals surface area contributed by atoms with Crippen LogP contribution in [-0.2, 0) is 0 Å². The van der Waals surface area contributed by atoms with Crippen LogP contribution in [0.1, 0.15) is 34.6 Å². The third-order valence-corrected chi connectivity index (χ3v) is 4.27. The fourth-order valence-electron chi connectivity index (χ4n) is 2.66. The quantitative estimate of drug-likeness (QED) is 0.536. The van der Waals surface area contributed by atoms with Crippen LogP contribution in [0, 0.1) is 17.0 Å². The van der Waals surface area contributed by atoms with E-state index in [0.29, 0.717) is 21.7 Å². The summed E-state index contributed by atoms with van der Waals surface area (Å²) in [6.07, 6.45) is 0. The molecular weight excluding hydrogens is 344 g/mol. The number of nitrogens with one attached hydrogen (secondary N) is 1. The van der Waals surface area contributed by atoms with Crippen LogP contribution in [0.2, 0.25) is 5.02 Å². The molecule has 1 heterocycles. The van der Waals surface area contributed by atoms with Crippen LogP contribution in [0.25, 0.3) is 11.0 Å². The molecule has 0 saturated carbocycles. The lowest BCUT2D eigenvalue weighted by molar-refractivity contribution is -0.384. The summed E-state index contributed by atoms with van der Waals surface area (Å²) in [5.41, 5.74) is 1.89. The number of aryl methyl sites for hydroxylation is 1. The van der Waals surface area contributed by atoms with Gasteiger partial charge in [0.25, 0.3) is 11.6 Å². The molecule has 0 saturated heterocycles. The fraction of sp³-hybridized carbons (Fsp3) is 0.167. The number of nitrogens with zero attached hydrogens (tertiary/aromatic N) is 1. The minimum Gasteiger partial charge on any atom is -0.451 e. The molecule has 0 spiro atoms. The predicted molar refractivity (Wildman–Crippen MR) is 94.9 cm³/mol. The van der Waals surface area contributed by atoms with Crippen molar-refractivity contribution < 1.29 is 14.1 Å². The number of amides is 1. The molecule has 0 aliphatic heterocycles. The van der Waals surface area contributed by atoms with E-state index in [-0.39, 0.29) is 17.4 Å². The molecule has 3 aromatic rings. The molecule has 0 aliphatic rings. The maximum atomic E-state index is 12.6. The summed E-state index contributed by atoms with van der Waals surface area (Å²) in [5.74, 6) is -0.182. The Hall–Kier alpha value is -2.86. The lowest BCUT2D eigenvalue weighted by Gasteiger charge is -2.13. The van der Waals surface area contributed by atoms with Gasteiger partial charge in [-0.2, -0.15) is 0 Å². The molecule has 1 atom stereocenters. The molecule has 3 rings (SSSR count). The van der Waals surface area contributed by atoms with Crippen molar-refractivity contribution in [1.82, 2.24) is 5.32 Å². The fourth-order valence-corrected chi connectivity index (χ4v) is 2.84. The average molecular weight is 359 g/mol. The molecule has 25 heavy (non-hydrogen) atoms. The predicted octanol–water partition coefficient (Wildman–Crippen LogP) is 4.79. The topological polar surface area (TPSA) is 85.4 Å². The average Bonchev–Trinajstić information content (AvgIpc) is 2.91. The SMILES string of the molecule is Cc1c(C(=O)NC(C)c2cccc([N+](=O)[O-])c2)oc2ccc(Cl)cc12. The van der Waals surface area contributed by atoms with Crippen LogP contribution in [0.5, 0.6) is 0 Å². The van der Waals surface area contributed by atoms with Crippen molar-refractivity contribution >= 4 is 34.2 Å². The van der Waals surface area contributed by atoms with Crippen LogP contribution in [0.4, 0.5) is 5.69 Å². The van der Waals surface area contributed by atoms with Crippen molar-refractivity contribution in [2.75, 3.05) is 0 Å². The summed E-state index contributed by atoms with van der Waals surface area (Å²) < 4.78 is 5.64. The number of carbonyl (C=O) groups is 1. The van der Waals surface area contributed by atoms with Gasteiger partial charge in [0.2, 0.25) is 0 Å². The highest BCUT2D eigenvalue weighted by molar-refractivity contribution is 6.31. The number of benzene rings is 2. The van der Waals surface area contributed by atoms with Crippen LogP contribution >= 0.6 is 11.6 Å². The van der Waals surface area contributed by atoms with E-state index in [1.165, 1.54) is 12.1 Å². The van der Waals surface area contributed by atoms with Crippen molar-refractivity contribution in [3.05, 3.63) is 74.5 Å². The summed E-state index contributed by atoms with van der Waals surface area (Å²) in [5, 5.41) is 15.0. The molecular formula is C18H15ClN2O4. The second-order valence-corrected chi connectivity index (χ2v) is 6.18. The van der Waals surface area contributed by atoms with Crippen LogP contribution in [-0.4, -0.2) is 10.8 Å². The van der Waals surface area contributed by atoms with E-state index in [1.807, 2.05) is 0 Å². The Morgan fingerprint density at radius 3 is 2.76 bits per heavy atom. The van der Waals surface area contributed by atoms with Crippen molar-refractivity contribution in [2.24, 2.45) is 0 Å². The standard InChI is InChI=1S/C18H15ClN2O4/c1-10-15-9-13(19)6-7-16(15)25-17(10)18(22)20-11(2)12-4-3-5-14(8-12)21(23)24/h3-9,11H,1-2H3,(H,20,22). The number of hydrogen-bond donors (Lipinski definition) is 1. The zero-order valence-electron chi connectivity index (χ0n) is 13.6. The van der Waals surface area contributed by atoms with E-state index in [4.69, 9.17) is 16.0 Å². The number of non-ortho nitro benzene ring substituents is 1. The lowest BCUT2D eigenvalue weighted by atomic mass is 10.1. The molecule has 2 aromatic carbocycles. The summed E-state index contributed by atoms with van der Waals surface area (Å²) in [4.78, 5) is 23.0. The smallest absolute Gasteiger partial charge is 0.287 e. The maximum Gasteiger partial charge on any atom is 0.287 e. The number of rotatable bonds is 4. The van der Waals surface area contributed by atoms with Crippen LogP contribution in [0.3, 0.4) is 0 Å². The van der Waals surface area contributed by atoms with Gasteiger partial charge >= 0.3 is 0 Å². The number of halogens is 1. The normalized spacial score (nSPS) is 12.1. The second-order valence-electron chi connectivity index (χ2n) is 5.74. The van der Waals surface area contributed by atoms with E-state index >= 15 is 0 Å². The van der Waals surface area contributed by atoms with E-state index < -0.39 is 11.0 Å². The molecule has 128 valence electrons. The summed E-state index contributed by atoms with van der Waals surface area (Å²) in [7, 11) is 0. The van der Waals surface area contributed by atoms with E-state index in [9.17, 15) is 14.9 Å². The van der Waals surface area contributed by atoms with Crippen molar-refractivity contribution in [3.63, 3.8) is 0 Å². The van der Waals surface area contributed by atoms with Crippen molar-refractivity contribution in [1.29, 1.82) is 0 Å². The van der Waals surface area contributed by atoms with Gasteiger partial charge in [-0.15, -0.1) is 0 Å². The molecule has 0 fully saturated rings. The Morgan fingerprint density at radius 2 is 2.04 bits per heavy atom. The van der Waals surface area contributed by atoms with E-state index in [1.54, 1.807) is 44.2 Å². The number of nitro groups is 1. The van der Waals surface area contributed by atoms with Gasteiger partial charge in [0, 0.05) is 28.1 Å². The molecule has 0 bridgehead atoms. The van der Waals surface area contributed by atoms with Gasteiger partial charge in [-0.25, -0.2) is 0 Å². The molecule has 1 aromatic heterocycles. The van der Waals surface area contributed by atoms with E-state index in [2.05, 4.69) is 5.32 Å². The maximum absolute atomic E-state index is 12.6. The highest BCUT2D eigenvalue weighted by atomic mass is 35.5. The van der Waals surface area contributed by atoms with Crippen LogP contribution < -0.4 is 5.32 Å². The number of carbonyl (C=O) groups excluding carboxylic acids is 1. The largest absolute Gasteiger partial charge is 0.451 e. The Morgan fingerprint density at radius 1 is 1.28 bits per heavy atom. The third kappa shape index (κ3) is 3.34. The highest BCUT2D eigenvalue weighted by Crippen LogP contribution is 2.28. The van der Waals surface area contributed by atoms with Gasteiger partial charge < -0.3 is 9.73 Å². The molecule has 0 radical (unpaired) electrons. The number of furan rings is 1. The Kier molecular flexibility index (Phi) is 4.46. The molecule has 0 aliphatic carbocycles. The van der Waals surface area contributed by atoms with Gasteiger partial charge in [-0.05, 0) is 37.6 Å². The second kappa shape index (κ2) is 6.57. The zero-order chi connectivity index (χ0) is 18.1. The van der Waals surface area contributed by atoms with Gasteiger partial charge in [0.1, 0.15) is 5.58 Å². The van der Waals surface area contributed by atoms with Gasteiger partial charge in [-0.1, -0.05) is 23.7 Å². The molecule has 1 N–H and O–H groups in total. The first kappa shape index (κ1) is 17.0. The lowest BCUT2D eigenvalue weighted by Crippen LogP contribution is -2.26. The molecule has 1 amide bonds. The van der Waals surface area contributed by atoms with Gasteiger partial charge in [-0.3, -0.25) is 14.9 Å². The summed E-state index contributed by atoms with van der Waals surface area (Å²) in [6.45, 7) is 3.54. The van der Waals surface area contributed by atoms with Crippen molar-refractivity contribution in [3.8, 4) is 0 Å². The summed E-state index contributed by atoms with van der Waals surface area (Å²) >= 11 is 5.99. The van der Waals surface area contributed by atoms with Crippen LogP contribution in [0.15, 0.2) is 46.9 Å². The first-order valence-corrected chi connectivity index (χ1v) is 7.98. The minimum atomic E-state index is -0.467. The first-order chi connectivity index (χ1) is 11.9. The van der Waals surface area contributed by atoms with Gasteiger partial charge in [0.05, 0.1) is 11.0 Å².